The molecule has 3 atom stereocenters. The molecular formula is C24H36BrN3OSi. The van der Waals surface area contributed by atoms with E-state index in [1.54, 1.807) is 0 Å². The van der Waals surface area contributed by atoms with Crippen LogP contribution in [-0.2, 0) is 0 Å². The number of piperazine rings is 1. The second-order valence-electron chi connectivity index (χ2n) is 10.1. The van der Waals surface area contributed by atoms with Gasteiger partial charge in [0.2, 0.25) is 8.32 Å². The van der Waals surface area contributed by atoms with Crippen molar-refractivity contribution in [3.63, 3.8) is 0 Å². The lowest BCUT2D eigenvalue weighted by Crippen LogP contribution is -2.55. The van der Waals surface area contributed by atoms with E-state index in [2.05, 4.69) is 109 Å². The number of benzene rings is 1. The molecule has 0 spiro atoms. The van der Waals surface area contributed by atoms with Gasteiger partial charge < -0.3 is 9.74 Å². The molecule has 2 aromatic rings. The highest BCUT2D eigenvalue weighted by Crippen LogP contribution is 2.39. The zero-order valence-electron chi connectivity index (χ0n) is 19.4. The highest BCUT2D eigenvalue weighted by Gasteiger charge is 2.39. The van der Waals surface area contributed by atoms with Crippen molar-refractivity contribution in [3.8, 4) is 5.75 Å². The molecule has 1 aliphatic rings. The van der Waals surface area contributed by atoms with Crippen LogP contribution in [0.1, 0.15) is 51.8 Å². The van der Waals surface area contributed by atoms with Crippen LogP contribution in [-0.4, -0.2) is 43.4 Å². The minimum absolute atomic E-state index is 0.146. The van der Waals surface area contributed by atoms with Crippen molar-refractivity contribution in [2.24, 2.45) is 0 Å². The maximum Gasteiger partial charge on any atom is 0.250 e. The number of hydrogen-bond acceptors (Lipinski definition) is 4. The number of pyridine rings is 1. The van der Waals surface area contributed by atoms with Gasteiger partial charge >= 0.3 is 0 Å². The lowest BCUT2D eigenvalue weighted by molar-refractivity contribution is 0.113. The molecule has 1 N–H and O–H groups in total. The molecule has 1 aliphatic heterocycles. The van der Waals surface area contributed by atoms with E-state index in [4.69, 9.17) is 4.43 Å². The molecule has 1 saturated heterocycles. The molecule has 1 aromatic carbocycles. The van der Waals surface area contributed by atoms with Crippen LogP contribution in [0.5, 0.6) is 5.75 Å². The second-order valence-corrected chi connectivity index (χ2v) is 15.6. The Balaban J connectivity index is 2.01. The van der Waals surface area contributed by atoms with Gasteiger partial charge in [-0.05, 0) is 77.2 Å². The standard InChI is InChI=1S/C24H36BrN3OSi/c1-17-16-28(18(2)14-26-17)23(20-11-12-22(25)27-15-20)19-9-8-10-21(13-19)29-30(6,7)24(3,4)5/h8-13,15,17-18,23,26H,14,16H2,1-7H3/t17-,18+,23+/m1/s1. The predicted octanol–water partition coefficient (Wildman–Crippen LogP) is 6.00. The van der Waals surface area contributed by atoms with Gasteiger partial charge in [-0.25, -0.2) is 4.98 Å². The maximum absolute atomic E-state index is 6.63. The van der Waals surface area contributed by atoms with E-state index in [1.807, 2.05) is 12.3 Å². The third-order valence-corrected chi connectivity index (χ3v) is 11.4. The molecule has 4 nitrogen and oxygen atoms in total. The van der Waals surface area contributed by atoms with Crippen LogP contribution >= 0.6 is 15.9 Å². The van der Waals surface area contributed by atoms with E-state index in [9.17, 15) is 0 Å². The monoisotopic (exact) mass is 489 g/mol. The quantitative estimate of drug-likeness (QED) is 0.412. The van der Waals surface area contributed by atoms with Gasteiger partial charge in [-0.1, -0.05) is 39.0 Å². The van der Waals surface area contributed by atoms with Crippen LogP contribution in [0.15, 0.2) is 47.2 Å². The van der Waals surface area contributed by atoms with Crippen LogP contribution in [0, 0.1) is 0 Å². The number of rotatable bonds is 5. The summed E-state index contributed by atoms with van der Waals surface area (Å²) in [6.07, 6.45) is 2.00. The fourth-order valence-corrected chi connectivity index (χ4v) is 4.99. The van der Waals surface area contributed by atoms with Gasteiger partial charge in [-0.2, -0.15) is 0 Å². The lowest BCUT2D eigenvalue weighted by Gasteiger charge is -2.43. The summed E-state index contributed by atoms with van der Waals surface area (Å²) >= 11 is 3.48. The summed E-state index contributed by atoms with van der Waals surface area (Å²) in [5.41, 5.74) is 2.47. The van der Waals surface area contributed by atoms with E-state index in [-0.39, 0.29) is 11.1 Å². The first kappa shape index (κ1) is 23.5. The molecule has 30 heavy (non-hydrogen) atoms. The summed E-state index contributed by atoms with van der Waals surface area (Å²) in [6, 6.07) is 14.0. The molecule has 0 saturated carbocycles. The minimum Gasteiger partial charge on any atom is -0.543 e. The topological polar surface area (TPSA) is 37.4 Å². The Morgan fingerprint density at radius 3 is 2.53 bits per heavy atom. The molecule has 164 valence electrons. The number of aromatic nitrogens is 1. The van der Waals surface area contributed by atoms with E-state index in [0.29, 0.717) is 12.1 Å². The van der Waals surface area contributed by atoms with E-state index >= 15 is 0 Å². The second kappa shape index (κ2) is 9.11. The molecule has 1 aromatic heterocycles. The van der Waals surface area contributed by atoms with Gasteiger partial charge in [0.1, 0.15) is 10.4 Å². The average molecular weight is 491 g/mol. The van der Waals surface area contributed by atoms with Crippen LogP contribution < -0.4 is 9.74 Å². The van der Waals surface area contributed by atoms with Crippen LogP contribution in [0.4, 0.5) is 0 Å². The number of nitrogens with zero attached hydrogens (tertiary/aromatic N) is 2. The highest BCUT2D eigenvalue weighted by molar-refractivity contribution is 9.10. The zero-order valence-corrected chi connectivity index (χ0v) is 22.0. The molecular weight excluding hydrogens is 454 g/mol. The molecule has 0 bridgehead atoms. The summed E-state index contributed by atoms with van der Waals surface area (Å²) in [5, 5.41) is 3.77. The number of nitrogens with one attached hydrogen (secondary N) is 1. The molecule has 0 aliphatic carbocycles. The Labute approximate surface area is 191 Å². The largest absolute Gasteiger partial charge is 0.543 e. The molecule has 6 heteroatoms. The summed E-state index contributed by atoms with van der Waals surface area (Å²) in [5.74, 6) is 0.977. The Hall–Kier alpha value is -1.21. The summed E-state index contributed by atoms with van der Waals surface area (Å²) in [4.78, 5) is 7.12. The maximum atomic E-state index is 6.63. The van der Waals surface area contributed by atoms with E-state index in [1.165, 1.54) is 11.1 Å². The molecule has 1 fully saturated rings. The Kier molecular flexibility index (Phi) is 7.12. The predicted molar refractivity (Wildman–Crippen MR) is 132 cm³/mol. The SMILES string of the molecule is C[C@@H]1CN([C@H](c2ccc(Br)nc2)c2cccc(O[Si](C)(C)C(C)(C)C)c2)[C@@H](C)CN1. The molecule has 0 unspecified atom stereocenters. The van der Waals surface area contributed by atoms with Crippen molar-refractivity contribution < 1.29 is 4.43 Å². The van der Waals surface area contributed by atoms with Gasteiger partial charge in [-0.15, -0.1) is 0 Å². The summed E-state index contributed by atoms with van der Waals surface area (Å²) in [6.45, 7) is 18.0. The average Bonchev–Trinajstić information content (AvgIpc) is 2.65. The molecule has 3 rings (SSSR count). The molecule has 2 heterocycles. The fraction of sp³-hybridized carbons (Fsp3) is 0.542. The smallest absolute Gasteiger partial charge is 0.250 e. The lowest BCUT2D eigenvalue weighted by atomic mass is 9.95. The van der Waals surface area contributed by atoms with Crippen molar-refractivity contribution in [1.29, 1.82) is 0 Å². The first-order valence-electron chi connectivity index (χ1n) is 10.9. The van der Waals surface area contributed by atoms with Crippen molar-refractivity contribution in [2.75, 3.05) is 13.1 Å². The molecule has 0 amide bonds. The first-order chi connectivity index (χ1) is 14.0. The fourth-order valence-electron chi connectivity index (χ4n) is 3.73. The zero-order chi connectivity index (χ0) is 22.1. The highest BCUT2D eigenvalue weighted by atomic mass is 79.9. The Morgan fingerprint density at radius 1 is 1.17 bits per heavy atom. The van der Waals surface area contributed by atoms with Crippen molar-refractivity contribution in [3.05, 3.63) is 58.3 Å². The first-order valence-corrected chi connectivity index (χ1v) is 14.6. The Morgan fingerprint density at radius 2 is 1.90 bits per heavy atom. The summed E-state index contributed by atoms with van der Waals surface area (Å²) in [7, 11) is -1.90. The van der Waals surface area contributed by atoms with E-state index < -0.39 is 8.32 Å². The third kappa shape index (κ3) is 5.33. The van der Waals surface area contributed by atoms with Crippen molar-refractivity contribution >= 4 is 24.2 Å². The van der Waals surface area contributed by atoms with Gasteiger partial charge in [0.05, 0.1) is 6.04 Å². The normalized spacial score (nSPS) is 22.0. The van der Waals surface area contributed by atoms with Gasteiger partial charge in [0, 0.05) is 31.4 Å². The van der Waals surface area contributed by atoms with E-state index in [0.717, 1.165) is 23.4 Å². The molecule has 0 radical (unpaired) electrons. The van der Waals surface area contributed by atoms with Crippen molar-refractivity contribution in [1.82, 2.24) is 15.2 Å². The summed E-state index contributed by atoms with van der Waals surface area (Å²) < 4.78 is 7.50. The number of hydrogen-bond donors (Lipinski definition) is 1. The third-order valence-electron chi connectivity index (χ3n) is 6.56. The number of halogens is 1. The van der Waals surface area contributed by atoms with Gasteiger partial charge in [0.25, 0.3) is 0 Å². The van der Waals surface area contributed by atoms with Crippen LogP contribution in [0.2, 0.25) is 18.1 Å². The van der Waals surface area contributed by atoms with Crippen molar-refractivity contribution in [2.45, 2.75) is 70.9 Å². The van der Waals surface area contributed by atoms with Gasteiger partial charge in [0.15, 0.2) is 0 Å². The Bertz CT molecular complexity index is 850. The van der Waals surface area contributed by atoms with Crippen LogP contribution in [0.25, 0.3) is 0 Å². The van der Waals surface area contributed by atoms with Crippen LogP contribution in [0.3, 0.4) is 0 Å². The minimum atomic E-state index is -1.90. The van der Waals surface area contributed by atoms with Gasteiger partial charge in [-0.3, -0.25) is 4.90 Å².